The molecular formula is C11H21NO3. The first-order chi connectivity index (χ1) is 7.02. The van der Waals surface area contributed by atoms with E-state index >= 15 is 0 Å². The van der Waals surface area contributed by atoms with E-state index in [1.807, 2.05) is 20.8 Å². The molecule has 1 N–H and O–H groups in total. The molecule has 1 unspecified atom stereocenters. The molecule has 0 aromatic carbocycles. The minimum atomic E-state index is -0.944. The van der Waals surface area contributed by atoms with E-state index in [0.29, 0.717) is 6.42 Å². The molecule has 0 saturated carbocycles. The van der Waals surface area contributed by atoms with Crippen molar-refractivity contribution in [2.45, 2.75) is 52.5 Å². The molecule has 4 nitrogen and oxygen atoms in total. The van der Waals surface area contributed by atoms with Crippen molar-refractivity contribution in [3.63, 3.8) is 0 Å². The molecule has 4 heteroatoms. The van der Waals surface area contributed by atoms with Crippen LogP contribution in [-0.4, -0.2) is 34.5 Å². The fourth-order valence-electron chi connectivity index (χ4n) is 1.33. The van der Waals surface area contributed by atoms with Crippen LogP contribution in [0.5, 0.6) is 0 Å². The van der Waals surface area contributed by atoms with Gasteiger partial charge in [-0.3, -0.25) is 9.59 Å². The predicted molar refractivity (Wildman–Crippen MR) is 58.6 cm³/mol. The molecule has 0 aliphatic heterocycles. The van der Waals surface area contributed by atoms with Crippen LogP contribution in [0, 0.1) is 0 Å². The number of hydrogen-bond acceptors (Lipinski definition) is 2. The number of carbonyl (C=O) groups is 2. The van der Waals surface area contributed by atoms with Crippen LogP contribution in [0.3, 0.4) is 0 Å². The van der Waals surface area contributed by atoms with Crippen LogP contribution in [-0.2, 0) is 9.59 Å². The highest BCUT2D eigenvalue weighted by Gasteiger charge is 2.20. The number of carboxylic acid groups (broad SMARTS) is 1. The Labute approximate surface area is 91.3 Å². The van der Waals surface area contributed by atoms with Crippen molar-refractivity contribution in [1.29, 1.82) is 0 Å². The van der Waals surface area contributed by atoms with Crippen molar-refractivity contribution in [2.75, 3.05) is 6.54 Å². The minimum Gasteiger partial charge on any atom is -0.480 e. The van der Waals surface area contributed by atoms with E-state index in [4.69, 9.17) is 5.11 Å². The van der Waals surface area contributed by atoms with Crippen molar-refractivity contribution in [1.82, 2.24) is 4.90 Å². The Balaban J connectivity index is 4.33. The van der Waals surface area contributed by atoms with Crippen molar-refractivity contribution in [3.05, 3.63) is 0 Å². The van der Waals surface area contributed by atoms with Gasteiger partial charge in [0.25, 0.3) is 0 Å². The smallest absolute Gasteiger partial charge is 0.323 e. The van der Waals surface area contributed by atoms with Gasteiger partial charge in [0.1, 0.15) is 6.54 Å². The summed E-state index contributed by atoms with van der Waals surface area (Å²) in [4.78, 5) is 23.8. The molecule has 0 bridgehead atoms. The Kier molecular flexibility index (Phi) is 6.75. The van der Waals surface area contributed by atoms with E-state index < -0.39 is 5.97 Å². The number of rotatable bonds is 7. The second-order valence-corrected chi connectivity index (χ2v) is 3.78. The predicted octanol–water partition coefficient (Wildman–Crippen LogP) is 1.89. The average Bonchev–Trinajstić information content (AvgIpc) is 2.21. The van der Waals surface area contributed by atoms with Crippen LogP contribution in [0.1, 0.15) is 46.5 Å². The van der Waals surface area contributed by atoms with Gasteiger partial charge in [0, 0.05) is 12.5 Å². The van der Waals surface area contributed by atoms with E-state index in [0.717, 1.165) is 19.3 Å². The molecule has 88 valence electrons. The Morgan fingerprint density at radius 1 is 1.33 bits per heavy atom. The molecule has 0 aliphatic carbocycles. The summed E-state index contributed by atoms with van der Waals surface area (Å²) < 4.78 is 0. The Bertz CT molecular complexity index is 216. The zero-order chi connectivity index (χ0) is 11.8. The molecule has 1 amide bonds. The molecule has 1 atom stereocenters. The summed E-state index contributed by atoms with van der Waals surface area (Å²) in [6.07, 6.45) is 3.01. The van der Waals surface area contributed by atoms with Crippen LogP contribution in [0.25, 0.3) is 0 Å². The average molecular weight is 215 g/mol. The summed E-state index contributed by atoms with van der Waals surface area (Å²) in [5.41, 5.74) is 0. The number of nitrogens with zero attached hydrogens (tertiary/aromatic N) is 1. The van der Waals surface area contributed by atoms with Gasteiger partial charge >= 0.3 is 5.97 Å². The summed E-state index contributed by atoms with van der Waals surface area (Å²) in [6, 6.07) is 0.00505. The lowest BCUT2D eigenvalue weighted by Crippen LogP contribution is -2.41. The lowest BCUT2D eigenvalue weighted by Gasteiger charge is -2.26. The van der Waals surface area contributed by atoms with Gasteiger partial charge in [-0.15, -0.1) is 0 Å². The number of aliphatic carboxylic acids is 1. The molecule has 0 rings (SSSR count). The van der Waals surface area contributed by atoms with Gasteiger partial charge in [-0.25, -0.2) is 0 Å². The zero-order valence-corrected chi connectivity index (χ0v) is 9.82. The van der Waals surface area contributed by atoms with Gasteiger partial charge in [-0.1, -0.05) is 20.3 Å². The van der Waals surface area contributed by atoms with Crippen LogP contribution < -0.4 is 0 Å². The minimum absolute atomic E-state index is 0.00505. The highest BCUT2D eigenvalue weighted by Crippen LogP contribution is 2.08. The molecule has 0 heterocycles. The first-order valence-corrected chi connectivity index (χ1v) is 5.54. The van der Waals surface area contributed by atoms with Crippen molar-refractivity contribution in [3.8, 4) is 0 Å². The van der Waals surface area contributed by atoms with Crippen LogP contribution >= 0.6 is 0 Å². The van der Waals surface area contributed by atoms with E-state index in [1.165, 1.54) is 4.90 Å². The third-order valence-corrected chi connectivity index (χ3v) is 2.49. The van der Waals surface area contributed by atoms with E-state index in [2.05, 4.69) is 0 Å². The Morgan fingerprint density at radius 3 is 2.33 bits per heavy atom. The maximum absolute atomic E-state index is 11.7. The summed E-state index contributed by atoms with van der Waals surface area (Å²) in [7, 11) is 0. The molecular weight excluding hydrogens is 194 g/mol. The number of carboxylic acids is 1. The maximum atomic E-state index is 11.7. The zero-order valence-electron chi connectivity index (χ0n) is 9.82. The van der Waals surface area contributed by atoms with E-state index in [1.54, 1.807) is 0 Å². The lowest BCUT2D eigenvalue weighted by atomic mass is 10.1. The first kappa shape index (κ1) is 13.9. The van der Waals surface area contributed by atoms with E-state index in [9.17, 15) is 9.59 Å². The largest absolute Gasteiger partial charge is 0.480 e. The third-order valence-electron chi connectivity index (χ3n) is 2.49. The Morgan fingerprint density at radius 2 is 1.93 bits per heavy atom. The third kappa shape index (κ3) is 5.40. The number of unbranched alkanes of at least 4 members (excludes halogenated alkanes) is 1. The van der Waals surface area contributed by atoms with Gasteiger partial charge in [0.15, 0.2) is 0 Å². The van der Waals surface area contributed by atoms with Crippen LogP contribution in [0.2, 0.25) is 0 Å². The van der Waals surface area contributed by atoms with Crippen LogP contribution in [0.4, 0.5) is 0 Å². The van der Waals surface area contributed by atoms with Gasteiger partial charge < -0.3 is 10.0 Å². The summed E-state index contributed by atoms with van der Waals surface area (Å²) >= 11 is 0. The molecule has 0 radical (unpaired) electrons. The van der Waals surface area contributed by atoms with Gasteiger partial charge in [-0.05, 0) is 19.8 Å². The highest BCUT2D eigenvalue weighted by atomic mass is 16.4. The number of amides is 1. The molecule has 0 saturated heterocycles. The SMILES string of the molecule is CCCCC(=O)N(CC(=O)O)C(C)CC. The standard InChI is InChI=1S/C11H21NO3/c1-4-6-7-10(13)12(8-11(14)15)9(3)5-2/h9H,4-8H2,1-3H3,(H,14,15). The first-order valence-electron chi connectivity index (χ1n) is 5.54. The summed E-state index contributed by atoms with van der Waals surface area (Å²) in [5.74, 6) is -0.992. The molecule has 0 fully saturated rings. The second-order valence-electron chi connectivity index (χ2n) is 3.78. The normalized spacial score (nSPS) is 12.2. The fourth-order valence-corrected chi connectivity index (χ4v) is 1.33. The van der Waals surface area contributed by atoms with Gasteiger partial charge in [-0.2, -0.15) is 0 Å². The maximum Gasteiger partial charge on any atom is 0.323 e. The van der Waals surface area contributed by atoms with Crippen LogP contribution in [0.15, 0.2) is 0 Å². The Hall–Kier alpha value is -1.06. The summed E-state index contributed by atoms with van der Waals surface area (Å²) in [6.45, 7) is 5.66. The lowest BCUT2D eigenvalue weighted by molar-refractivity contribution is -0.146. The van der Waals surface area contributed by atoms with Crippen molar-refractivity contribution < 1.29 is 14.7 Å². The fraction of sp³-hybridized carbons (Fsp3) is 0.818. The topological polar surface area (TPSA) is 57.6 Å². The van der Waals surface area contributed by atoms with Crippen molar-refractivity contribution in [2.24, 2.45) is 0 Å². The quantitative estimate of drug-likeness (QED) is 0.705. The monoisotopic (exact) mass is 215 g/mol. The number of carbonyl (C=O) groups excluding carboxylic acids is 1. The highest BCUT2D eigenvalue weighted by molar-refractivity contribution is 5.81. The van der Waals surface area contributed by atoms with E-state index in [-0.39, 0.29) is 18.5 Å². The van der Waals surface area contributed by atoms with Crippen molar-refractivity contribution >= 4 is 11.9 Å². The molecule has 0 aromatic heterocycles. The molecule has 0 spiro atoms. The second kappa shape index (κ2) is 7.26. The number of hydrogen-bond donors (Lipinski definition) is 1. The van der Waals surface area contributed by atoms with Gasteiger partial charge in [0.05, 0.1) is 0 Å². The molecule has 0 aromatic rings. The molecule has 0 aliphatic rings. The summed E-state index contributed by atoms with van der Waals surface area (Å²) in [5, 5.41) is 8.71. The van der Waals surface area contributed by atoms with Gasteiger partial charge in [0.2, 0.25) is 5.91 Å². The molecule has 15 heavy (non-hydrogen) atoms.